The van der Waals surface area contributed by atoms with Crippen LogP contribution >= 0.6 is 22.9 Å². The van der Waals surface area contributed by atoms with Gasteiger partial charge in [-0.15, -0.1) is 11.3 Å². The van der Waals surface area contributed by atoms with E-state index >= 15 is 0 Å². The van der Waals surface area contributed by atoms with Gasteiger partial charge in [0.1, 0.15) is 0 Å². The Morgan fingerprint density at radius 2 is 2.18 bits per heavy atom. The highest BCUT2D eigenvalue weighted by Crippen LogP contribution is 2.29. The molecule has 1 heterocycles. The molecule has 0 saturated heterocycles. The fourth-order valence-electron chi connectivity index (χ4n) is 0.529. The molecule has 1 aromatic rings. The van der Waals surface area contributed by atoms with Crippen molar-refractivity contribution in [1.29, 1.82) is 0 Å². The van der Waals surface area contributed by atoms with Crippen LogP contribution in [0.4, 0.5) is 4.39 Å². The fraction of sp³-hybridized carbons (Fsp3) is 0. The molecule has 3 nitrogen and oxygen atoms in total. The zero-order chi connectivity index (χ0) is 8.65. The summed E-state index contributed by atoms with van der Waals surface area (Å²) in [6.45, 7) is 0. The molecule has 0 bridgehead atoms. The summed E-state index contributed by atoms with van der Waals surface area (Å²) in [7, 11) is -4.52. The molecule has 1 N–H and O–H groups in total. The number of hydrogen-bond donors (Lipinski definition) is 1. The Morgan fingerprint density at radius 3 is 2.36 bits per heavy atom. The minimum absolute atomic E-state index is 0.296. The Morgan fingerprint density at radius 1 is 1.64 bits per heavy atom. The van der Waals surface area contributed by atoms with E-state index in [9.17, 15) is 12.8 Å². The zero-order valence-corrected chi connectivity index (χ0v) is 7.30. The minimum atomic E-state index is -4.52. The molecule has 0 aliphatic carbocycles. The lowest BCUT2D eigenvalue weighted by atomic mass is 10.6. The van der Waals surface area contributed by atoms with Crippen LogP contribution in [0.5, 0.6) is 0 Å². The Balaban J connectivity index is 3.45. The van der Waals surface area contributed by atoms with Crippen molar-refractivity contribution in [1.82, 2.24) is 0 Å². The smallest absolute Gasteiger partial charge is 0.282 e. The fourth-order valence-corrected chi connectivity index (χ4v) is 2.68. The van der Waals surface area contributed by atoms with E-state index in [-0.39, 0.29) is 5.02 Å². The summed E-state index contributed by atoms with van der Waals surface area (Å²) < 4.78 is 41.6. The van der Waals surface area contributed by atoms with Crippen LogP contribution in [0.15, 0.2) is 10.3 Å². The Bertz CT molecular complexity index is 349. The van der Waals surface area contributed by atoms with E-state index in [4.69, 9.17) is 16.2 Å². The predicted octanol–water partition coefficient (Wildman–Crippen LogP) is 1.79. The molecule has 0 aliphatic heterocycles. The van der Waals surface area contributed by atoms with Gasteiger partial charge in [0.15, 0.2) is 10.0 Å². The average molecular weight is 217 g/mol. The first-order chi connectivity index (χ1) is 4.93. The molecule has 0 radical (unpaired) electrons. The summed E-state index contributed by atoms with van der Waals surface area (Å²) in [5.74, 6) is 0. The third kappa shape index (κ3) is 1.70. The molecule has 11 heavy (non-hydrogen) atoms. The number of rotatable bonds is 1. The van der Waals surface area contributed by atoms with Gasteiger partial charge in [-0.3, -0.25) is 4.55 Å². The molecule has 0 atom stereocenters. The van der Waals surface area contributed by atoms with E-state index in [1.807, 2.05) is 0 Å². The van der Waals surface area contributed by atoms with E-state index in [1.54, 1.807) is 0 Å². The van der Waals surface area contributed by atoms with Crippen LogP contribution in [0.25, 0.3) is 0 Å². The van der Waals surface area contributed by atoms with Crippen molar-refractivity contribution >= 4 is 33.1 Å². The Hall–Kier alpha value is -0.170. The molecule has 1 rings (SSSR count). The quantitative estimate of drug-likeness (QED) is 0.729. The number of halogens is 2. The van der Waals surface area contributed by atoms with Gasteiger partial charge in [-0.1, -0.05) is 11.6 Å². The van der Waals surface area contributed by atoms with Crippen LogP contribution < -0.4 is 0 Å². The van der Waals surface area contributed by atoms with Gasteiger partial charge in [0.25, 0.3) is 10.1 Å². The third-order valence-corrected chi connectivity index (χ3v) is 3.27. The van der Waals surface area contributed by atoms with Gasteiger partial charge in [-0.05, 0) is 0 Å². The van der Waals surface area contributed by atoms with Crippen LogP contribution in [0.2, 0.25) is 5.02 Å². The Labute approximate surface area is 71.2 Å². The van der Waals surface area contributed by atoms with Crippen LogP contribution in [-0.2, 0) is 10.1 Å². The lowest BCUT2D eigenvalue weighted by Gasteiger charge is -1.91. The lowest BCUT2D eigenvalue weighted by Crippen LogP contribution is -1.98. The SMILES string of the molecule is O=S(=O)(O)c1c(Cl)csc1F. The number of hydrogen-bond acceptors (Lipinski definition) is 3. The van der Waals surface area contributed by atoms with Gasteiger partial charge >= 0.3 is 0 Å². The summed E-state index contributed by atoms with van der Waals surface area (Å²) >= 11 is 5.78. The van der Waals surface area contributed by atoms with Gasteiger partial charge < -0.3 is 0 Å². The topological polar surface area (TPSA) is 54.4 Å². The largest absolute Gasteiger partial charge is 0.299 e. The third-order valence-electron chi connectivity index (χ3n) is 0.919. The summed E-state index contributed by atoms with van der Waals surface area (Å²) in [4.78, 5) is -0.843. The molecule has 0 saturated carbocycles. The molecule has 0 amide bonds. The van der Waals surface area contributed by atoms with Crippen molar-refractivity contribution in [3.63, 3.8) is 0 Å². The second kappa shape index (κ2) is 2.71. The zero-order valence-electron chi connectivity index (χ0n) is 4.91. The number of thiophene rings is 1. The highest BCUT2D eigenvalue weighted by atomic mass is 35.5. The van der Waals surface area contributed by atoms with Crippen molar-refractivity contribution < 1.29 is 17.4 Å². The van der Waals surface area contributed by atoms with E-state index in [1.165, 1.54) is 0 Å². The second-order valence-electron chi connectivity index (χ2n) is 1.66. The summed E-state index contributed by atoms with van der Waals surface area (Å²) in [5, 5.41) is -0.201. The molecule has 62 valence electrons. The van der Waals surface area contributed by atoms with E-state index in [0.29, 0.717) is 11.3 Å². The highest BCUT2D eigenvalue weighted by molar-refractivity contribution is 7.86. The molecule has 0 spiro atoms. The Kier molecular flexibility index (Phi) is 2.19. The minimum Gasteiger partial charge on any atom is -0.282 e. The predicted molar refractivity (Wildman–Crippen MR) is 39.1 cm³/mol. The van der Waals surface area contributed by atoms with E-state index < -0.39 is 20.1 Å². The first-order valence-electron chi connectivity index (χ1n) is 2.33. The maximum atomic E-state index is 12.5. The van der Waals surface area contributed by atoms with Crippen LogP contribution in [-0.4, -0.2) is 13.0 Å². The van der Waals surface area contributed by atoms with Crippen LogP contribution in [0.1, 0.15) is 0 Å². The average Bonchev–Trinajstić information content (AvgIpc) is 2.08. The molecular weight excluding hydrogens is 215 g/mol. The van der Waals surface area contributed by atoms with Crippen molar-refractivity contribution in [2.75, 3.05) is 0 Å². The summed E-state index contributed by atoms with van der Waals surface area (Å²) in [6, 6.07) is 0. The van der Waals surface area contributed by atoms with Crippen LogP contribution in [0.3, 0.4) is 0 Å². The molecular formula is C4H2ClFO3S2. The monoisotopic (exact) mass is 216 g/mol. The summed E-state index contributed by atoms with van der Waals surface area (Å²) in [5.41, 5.74) is 0. The molecule has 0 unspecified atom stereocenters. The maximum absolute atomic E-state index is 12.5. The highest BCUT2D eigenvalue weighted by Gasteiger charge is 2.21. The molecule has 0 aromatic carbocycles. The first kappa shape index (κ1) is 8.92. The normalized spacial score (nSPS) is 11.9. The van der Waals surface area contributed by atoms with E-state index in [2.05, 4.69) is 0 Å². The van der Waals surface area contributed by atoms with Crippen molar-refractivity contribution in [2.45, 2.75) is 4.90 Å². The molecule has 0 fully saturated rings. The maximum Gasteiger partial charge on any atom is 0.299 e. The second-order valence-corrected chi connectivity index (χ2v) is 4.26. The van der Waals surface area contributed by atoms with Gasteiger partial charge in [0.05, 0.1) is 5.02 Å². The van der Waals surface area contributed by atoms with Crippen molar-refractivity contribution in [3.8, 4) is 0 Å². The lowest BCUT2D eigenvalue weighted by molar-refractivity contribution is 0.476. The van der Waals surface area contributed by atoms with Gasteiger partial charge in [0.2, 0.25) is 0 Å². The van der Waals surface area contributed by atoms with E-state index in [0.717, 1.165) is 5.38 Å². The van der Waals surface area contributed by atoms with Crippen molar-refractivity contribution in [2.24, 2.45) is 0 Å². The molecule has 7 heteroatoms. The standard InChI is InChI=1S/C4H2ClFO3S2/c5-2-1-10-4(6)3(2)11(7,8)9/h1H,(H,7,8,9). The van der Waals surface area contributed by atoms with Crippen molar-refractivity contribution in [3.05, 3.63) is 15.5 Å². The molecule has 0 aliphatic rings. The van der Waals surface area contributed by atoms with Gasteiger partial charge in [0, 0.05) is 5.38 Å². The van der Waals surface area contributed by atoms with Gasteiger partial charge in [-0.25, -0.2) is 0 Å². The molecule has 1 aromatic heterocycles. The van der Waals surface area contributed by atoms with Gasteiger partial charge in [-0.2, -0.15) is 12.8 Å². The summed E-state index contributed by atoms with van der Waals surface area (Å²) in [6.07, 6.45) is 0. The first-order valence-corrected chi connectivity index (χ1v) is 5.02. The van der Waals surface area contributed by atoms with Crippen LogP contribution in [0, 0.1) is 5.13 Å².